The molecule has 0 spiro atoms. The highest BCUT2D eigenvalue weighted by atomic mass is 79.9. The third-order valence-electron chi connectivity index (χ3n) is 2.85. The maximum absolute atomic E-state index is 4.37. The molecule has 3 nitrogen and oxygen atoms in total. The van der Waals surface area contributed by atoms with Crippen molar-refractivity contribution >= 4 is 43.5 Å². The molecule has 0 aliphatic heterocycles. The number of nitrogens with zero attached hydrogens (tertiary/aromatic N) is 2. The number of hydrogen-bond acceptors (Lipinski definition) is 2. The predicted octanol–water partition coefficient (Wildman–Crippen LogP) is 5.14. The molecular formula is C15H11Br2N3. The van der Waals surface area contributed by atoms with Crippen LogP contribution in [-0.4, -0.2) is 9.55 Å². The molecule has 0 aliphatic carbocycles. The highest BCUT2D eigenvalue weighted by molar-refractivity contribution is 9.11. The van der Waals surface area contributed by atoms with Gasteiger partial charge in [-0.1, -0.05) is 34.1 Å². The minimum atomic E-state index is 0.777. The van der Waals surface area contributed by atoms with Crippen molar-refractivity contribution in [1.29, 1.82) is 0 Å². The lowest BCUT2D eigenvalue weighted by Crippen LogP contribution is -2.01. The van der Waals surface area contributed by atoms with Crippen LogP contribution < -0.4 is 5.32 Å². The van der Waals surface area contributed by atoms with Gasteiger partial charge in [-0.3, -0.25) is 4.57 Å². The Morgan fingerprint density at radius 2 is 1.80 bits per heavy atom. The van der Waals surface area contributed by atoms with Gasteiger partial charge in [0, 0.05) is 27.0 Å². The molecule has 100 valence electrons. The van der Waals surface area contributed by atoms with Crippen LogP contribution in [0, 0.1) is 0 Å². The smallest absolute Gasteiger partial charge is 0.212 e. The molecular weight excluding hydrogens is 382 g/mol. The van der Waals surface area contributed by atoms with Crippen molar-refractivity contribution in [2.45, 2.75) is 0 Å². The summed E-state index contributed by atoms with van der Waals surface area (Å²) in [5.41, 5.74) is 2.04. The van der Waals surface area contributed by atoms with Gasteiger partial charge in [-0.15, -0.1) is 0 Å². The minimum absolute atomic E-state index is 0.777. The van der Waals surface area contributed by atoms with Crippen molar-refractivity contribution in [1.82, 2.24) is 9.55 Å². The van der Waals surface area contributed by atoms with Crippen LogP contribution in [0.5, 0.6) is 0 Å². The molecule has 5 heteroatoms. The standard InChI is InChI=1S/C15H11Br2N3/c16-11-6-7-14(13(17)10-11)19-15-18-8-9-20(15)12-4-2-1-3-5-12/h1-10H,(H,18,19). The van der Waals surface area contributed by atoms with E-state index in [0.29, 0.717) is 0 Å². The second-order valence-corrected chi connectivity index (χ2v) is 5.98. The van der Waals surface area contributed by atoms with E-state index in [1.807, 2.05) is 59.3 Å². The summed E-state index contributed by atoms with van der Waals surface area (Å²) >= 11 is 6.99. The van der Waals surface area contributed by atoms with E-state index in [9.17, 15) is 0 Å². The SMILES string of the molecule is Brc1ccc(Nc2nccn2-c2ccccc2)c(Br)c1. The first kappa shape index (κ1) is 13.4. The number of benzene rings is 2. The van der Waals surface area contributed by atoms with Crippen molar-refractivity contribution in [3.05, 3.63) is 69.9 Å². The molecule has 3 rings (SSSR count). The van der Waals surface area contributed by atoms with Crippen LogP contribution in [-0.2, 0) is 0 Å². The normalized spacial score (nSPS) is 10.5. The highest BCUT2D eigenvalue weighted by Gasteiger charge is 2.07. The van der Waals surface area contributed by atoms with E-state index in [0.717, 1.165) is 26.3 Å². The summed E-state index contributed by atoms with van der Waals surface area (Å²) in [6, 6.07) is 16.1. The van der Waals surface area contributed by atoms with Crippen molar-refractivity contribution in [3.8, 4) is 5.69 Å². The van der Waals surface area contributed by atoms with E-state index >= 15 is 0 Å². The quantitative estimate of drug-likeness (QED) is 0.668. The van der Waals surface area contributed by atoms with Crippen LogP contribution in [0.1, 0.15) is 0 Å². The summed E-state index contributed by atoms with van der Waals surface area (Å²) < 4.78 is 4.02. The number of halogens is 2. The van der Waals surface area contributed by atoms with E-state index in [-0.39, 0.29) is 0 Å². The van der Waals surface area contributed by atoms with Crippen molar-refractivity contribution in [2.24, 2.45) is 0 Å². The molecule has 0 unspecified atom stereocenters. The van der Waals surface area contributed by atoms with Crippen LogP contribution in [0.4, 0.5) is 11.6 Å². The Hall–Kier alpha value is -1.59. The Kier molecular flexibility index (Phi) is 3.89. The second-order valence-electron chi connectivity index (χ2n) is 4.21. The van der Waals surface area contributed by atoms with Gasteiger partial charge in [-0.05, 0) is 46.3 Å². The number of nitrogens with one attached hydrogen (secondary N) is 1. The van der Waals surface area contributed by atoms with Crippen LogP contribution >= 0.6 is 31.9 Å². The topological polar surface area (TPSA) is 29.9 Å². The monoisotopic (exact) mass is 391 g/mol. The van der Waals surface area contributed by atoms with E-state index < -0.39 is 0 Å². The van der Waals surface area contributed by atoms with Crippen molar-refractivity contribution in [2.75, 3.05) is 5.32 Å². The molecule has 2 aromatic carbocycles. The zero-order valence-corrected chi connectivity index (χ0v) is 13.6. The van der Waals surface area contributed by atoms with Crippen molar-refractivity contribution in [3.63, 3.8) is 0 Å². The molecule has 0 fully saturated rings. The average Bonchev–Trinajstić information content (AvgIpc) is 2.91. The van der Waals surface area contributed by atoms with Crippen LogP contribution in [0.2, 0.25) is 0 Å². The molecule has 0 amide bonds. The molecule has 3 aromatic rings. The van der Waals surface area contributed by atoms with Gasteiger partial charge in [0.05, 0.1) is 5.69 Å². The number of para-hydroxylation sites is 1. The van der Waals surface area contributed by atoms with Gasteiger partial charge in [-0.25, -0.2) is 4.98 Å². The van der Waals surface area contributed by atoms with Gasteiger partial charge < -0.3 is 5.32 Å². The molecule has 20 heavy (non-hydrogen) atoms. The number of hydrogen-bond donors (Lipinski definition) is 1. The lowest BCUT2D eigenvalue weighted by Gasteiger charge is -2.11. The Balaban J connectivity index is 1.95. The van der Waals surface area contributed by atoms with Crippen LogP contribution in [0.15, 0.2) is 69.9 Å². The van der Waals surface area contributed by atoms with E-state index in [1.165, 1.54) is 0 Å². The Morgan fingerprint density at radius 1 is 1.00 bits per heavy atom. The van der Waals surface area contributed by atoms with Crippen LogP contribution in [0.25, 0.3) is 5.69 Å². The van der Waals surface area contributed by atoms with E-state index in [4.69, 9.17) is 0 Å². The van der Waals surface area contributed by atoms with Crippen molar-refractivity contribution < 1.29 is 0 Å². The first-order valence-electron chi connectivity index (χ1n) is 6.05. The number of rotatable bonds is 3. The highest BCUT2D eigenvalue weighted by Crippen LogP contribution is 2.29. The second kappa shape index (κ2) is 5.81. The molecule has 0 saturated heterocycles. The first-order chi connectivity index (χ1) is 9.74. The largest absolute Gasteiger partial charge is 0.324 e. The maximum atomic E-state index is 4.37. The third kappa shape index (κ3) is 2.78. The van der Waals surface area contributed by atoms with E-state index in [1.54, 1.807) is 6.20 Å². The summed E-state index contributed by atoms with van der Waals surface area (Å²) in [6.45, 7) is 0. The zero-order valence-electron chi connectivity index (χ0n) is 10.4. The molecule has 0 atom stereocenters. The Bertz CT molecular complexity index is 723. The van der Waals surface area contributed by atoms with Gasteiger partial charge in [0.2, 0.25) is 5.95 Å². The van der Waals surface area contributed by atoms with Gasteiger partial charge in [0.1, 0.15) is 0 Å². The maximum Gasteiger partial charge on any atom is 0.212 e. The number of imidazole rings is 1. The summed E-state index contributed by atoms with van der Waals surface area (Å²) in [5.74, 6) is 0.777. The fourth-order valence-corrected chi connectivity index (χ4v) is 3.05. The Morgan fingerprint density at radius 3 is 2.55 bits per heavy atom. The lowest BCUT2D eigenvalue weighted by atomic mass is 10.3. The minimum Gasteiger partial charge on any atom is -0.324 e. The summed E-state index contributed by atoms with van der Waals surface area (Å²) in [5, 5.41) is 3.33. The number of aromatic nitrogens is 2. The molecule has 0 radical (unpaired) electrons. The predicted molar refractivity (Wildman–Crippen MR) is 88.7 cm³/mol. The fourth-order valence-electron chi connectivity index (χ4n) is 1.90. The molecule has 0 bridgehead atoms. The summed E-state index contributed by atoms with van der Waals surface area (Å²) in [6.07, 6.45) is 3.71. The molecule has 0 saturated carbocycles. The molecule has 1 heterocycles. The van der Waals surface area contributed by atoms with Gasteiger partial charge in [0.25, 0.3) is 0 Å². The van der Waals surface area contributed by atoms with Gasteiger partial charge in [-0.2, -0.15) is 0 Å². The first-order valence-corrected chi connectivity index (χ1v) is 7.63. The molecule has 1 aromatic heterocycles. The average molecular weight is 393 g/mol. The molecule has 0 aliphatic rings. The fraction of sp³-hybridized carbons (Fsp3) is 0. The Labute approximate surface area is 133 Å². The van der Waals surface area contributed by atoms with Crippen LogP contribution in [0.3, 0.4) is 0 Å². The third-order valence-corrected chi connectivity index (χ3v) is 4.00. The summed E-state index contributed by atoms with van der Waals surface area (Å²) in [7, 11) is 0. The van der Waals surface area contributed by atoms with Gasteiger partial charge in [0.15, 0.2) is 0 Å². The van der Waals surface area contributed by atoms with Gasteiger partial charge >= 0.3 is 0 Å². The van der Waals surface area contributed by atoms with E-state index in [2.05, 4.69) is 42.2 Å². The zero-order chi connectivity index (χ0) is 13.9. The lowest BCUT2D eigenvalue weighted by molar-refractivity contribution is 1.06. The number of anilines is 2. The summed E-state index contributed by atoms with van der Waals surface area (Å²) in [4.78, 5) is 4.37. The molecule has 1 N–H and O–H groups in total.